The summed E-state index contributed by atoms with van der Waals surface area (Å²) in [7, 11) is 0. The molecule has 14 aromatic rings. The Hall–Kier alpha value is -8.77. The third-order valence-corrected chi connectivity index (χ3v) is 14.7. The normalized spacial score (nSPS) is 11.8. The third-order valence-electron chi connectivity index (χ3n) is 13.6. The second kappa shape index (κ2) is 15.4. The lowest BCUT2D eigenvalue weighted by molar-refractivity contribution is 1.08. The third kappa shape index (κ3) is 6.17. The Kier molecular flexibility index (Phi) is 8.73. The zero-order valence-electron chi connectivity index (χ0n) is 36.6. The molecule has 5 heteroatoms. The fraction of sp³-hybridized carbons (Fsp3) is 0. The van der Waals surface area contributed by atoms with Gasteiger partial charge < -0.3 is 4.57 Å². The molecule has 0 atom stereocenters. The molecule has 0 bridgehead atoms. The van der Waals surface area contributed by atoms with Crippen LogP contribution in [0.2, 0.25) is 0 Å². The molecule has 316 valence electrons. The molecule has 0 aliphatic carbocycles. The summed E-state index contributed by atoms with van der Waals surface area (Å²) in [6, 6.07) is 83.1. The highest BCUT2D eigenvalue weighted by Crippen LogP contribution is 2.47. The van der Waals surface area contributed by atoms with E-state index in [0.717, 1.165) is 66.4 Å². The first-order chi connectivity index (χ1) is 33.7. The van der Waals surface area contributed by atoms with Gasteiger partial charge in [-0.3, -0.25) is 0 Å². The van der Waals surface area contributed by atoms with Crippen molar-refractivity contribution in [2.45, 2.75) is 0 Å². The van der Waals surface area contributed by atoms with E-state index in [9.17, 15) is 0 Å². The van der Waals surface area contributed by atoms with Crippen molar-refractivity contribution in [3.63, 3.8) is 0 Å². The first-order valence-corrected chi connectivity index (χ1v) is 23.8. The molecule has 0 saturated carbocycles. The highest BCUT2D eigenvalue weighted by atomic mass is 32.1. The van der Waals surface area contributed by atoms with E-state index in [2.05, 4.69) is 217 Å². The number of rotatable bonds is 6. The molecule has 0 amide bonds. The van der Waals surface area contributed by atoms with E-state index >= 15 is 0 Å². The van der Waals surface area contributed by atoms with Gasteiger partial charge in [0.25, 0.3) is 0 Å². The average molecular weight is 883 g/mol. The predicted molar refractivity (Wildman–Crippen MR) is 287 cm³/mol. The number of hydrogen-bond donors (Lipinski definition) is 0. The van der Waals surface area contributed by atoms with Crippen LogP contribution in [0.25, 0.3) is 136 Å². The minimum Gasteiger partial charge on any atom is -0.308 e. The van der Waals surface area contributed by atoms with Gasteiger partial charge >= 0.3 is 0 Å². The van der Waals surface area contributed by atoms with E-state index in [1.807, 2.05) is 29.5 Å². The minimum absolute atomic E-state index is 0.613. The Morgan fingerprint density at radius 2 is 0.882 bits per heavy atom. The first kappa shape index (κ1) is 38.5. The zero-order valence-corrected chi connectivity index (χ0v) is 37.5. The SMILES string of the molecule is c1ccc(-c2ccc3c(-n4c5cc6ccccc6cc5c5c6ccccc6ccc54)c(-c4ccccc4)cc(-c4nc(-c5ccccc5)nc(-c5ccc6sc7ccccc7c6c5)n4)c3c2)cc1. The van der Waals surface area contributed by atoms with Crippen molar-refractivity contribution in [3.05, 3.63) is 231 Å². The molecule has 0 N–H and O–H groups in total. The highest BCUT2D eigenvalue weighted by Gasteiger charge is 2.25. The molecular weight excluding hydrogens is 845 g/mol. The number of fused-ring (bicyclic) bond motifs is 10. The quantitative estimate of drug-likeness (QED) is 0.167. The second-order valence-corrected chi connectivity index (χ2v) is 18.6. The van der Waals surface area contributed by atoms with Crippen LogP contribution < -0.4 is 0 Å². The van der Waals surface area contributed by atoms with Crippen LogP contribution in [0.15, 0.2) is 231 Å². The van der Waals surface area contributed by atoms with Gasteiger partial charge in [0.05, 0.1) is 16.7 Å². The van der Waals surface area contributed by atoms with Gasteiger partial charge in [0.2, 0.25) is 0 Å². The van der Waals surface area contributed by atoms with E-state index in [1.54, 1.807) is 0 Å². The number of aromatic nitrogens is 4. The summed E-state index contributed by atoms with van der Waals surface area (Å²) in [4.78, 5) is 16.2. The molecule has 68 heavy (non-hydrogen) atoms. The number of benzene rings is 11. The molecule has 3 aromatic heterocycles. The largest absolute Gasteiger partial charge is 0.308 e. The summed E-state index contributed by atoms with van der Waals surface area (Å²) in [5, 5.41) is 11.9. The number of hydrogen-bond acceptors (Lipinski definition) is 4. The molecular formula is C63H38N4S. The van der Waals surface area contributed by atoms with E-state index < -0.39 is 0 Å². The Balaban J connectivity index is 1.12. The van der Waals surface area contributed by atoms with Crippen LogP contribution in [0.3, 0.4) is 0 Å². The van der Waals surface area contributed by atoms with Crippen molar-refractivity contribution in [1.29, 1.82) is 0 Å². The fourth-order valence-corrected chi connectivity index (χ4v) is 11.5. The Labute approximate surface area is 395 Å². The van der Waals surface area contributed by atoms with Crippen LogP contribution in [0.1, 0.15) is 0 Å². The standard InChI is InChI=1S/C63H38N4S/c1-4-16-39(17-5-1)45-28-31-49-51(34-45)53(63-65-61(42-21-8-3-9-22-42)64-62(66-63)46-30-33-58-52(36-46)48-26-14-15-27-57(48)68-58)38-50(40-18-6-2-7-19-40)60(49)67-55-32-29-41-20-12-13-25-47(41)59(55)54-35-43-23-10-11-24-44(43)37-56(54)67/h1-38H. The Bertz CT molecular complexity index is 4310. The fourth-order valence-electron chi connectivity index (χ4n) is 10.4. The van der Waals surface area contributed by atoms with Crippen LogP contribution in [-0.4, -0.2) is 19.5 Å². The lowest BCUT2D eigenvalue weighted by Gasteiger charge is -2.21. The van der Waals surface area contributed by atoms with Gasteiger partial charge in [-0.15, -0.1) is 11.3 Å². The second-order valence-electron chi connectivity index (χ2n) is 17.5. The Morgan fingerprint density at radius 1 is 0.294 bits per heavy atom. The average Bonchev–Trinajstić information content (AvgIpc) is 3.95. The molecule has 0 radical (unpaired) electrons. The summed E-state index contributed by atoms with van der Waals surface area (Å²) in [5.74, 6) is 1.87. The van der Waals surface area contributed by atoms with Crippen LogP contribution >= 0.6 is 11.3 Å². The smallest absolute Gasteiger partial charge is 0.164 e. The first-order valence-electron chi connectivity index (χ1n) is 23.0. The molecule has 11 aromatic carbocycles. The van der Waals surface area contributed by atoms with Gasteiger partial charge in [-0.2, -0.15) is 0 Å². The molecule has 0 spiro atoms. The van der Waals surface area contributed by atoms with Crippen molar-refractivity contribution >= 4 is 85.6 Å². The number of nitrogens with zero attached hydrogens (tertiary/aromatic N) is 4. The van der Waals surface area contributed by atoms with Crippen LogP contribution in [-0.2, 0) is 0 Å². The summed E-state index contributed by atoms with van der Waals surface area (Å²) in [6.45, 7) is 0. The molecule has 0 aliphatic rings. The maximum absolute atomic E-state index is 5.49. The van der Waals surface area contributed by atoms with Crippen molar-refractivity contribution in [3.8, 4) is 62.1 Å². The van der Waals surface area contributed by atoms with Crippen LogP contribution in [0.5, 0.6) is 0 Å². The van der Waals surface area contributed by atoms with E-state index in [0.29, 0.717) is 17.5 Å². The lowest BCUT2D eigenvalue weighted by atomic mass is 9.91. The van der Waals surface area contributed by atoms with Gasteiger partial charge in [-0.1, -0.05) is 176 Å². The van der Waals surface area contributed by atoms with Crippen LogP contribution in [0.4, 0.5) is 0 Å². The number of thiophene rings is 1. The van der Waals surface area contributed by atoms with Crippen molar-refractivity contribution in [1.82, 2.24) is 19.5 Å². The topological polar surface area (TPSA) is 43.6 Å². The molecule has 0 saturated heterocycles. The van der Waals surface area contributed by atoms with Crippen molar-refractivity contribution < 1.29 is 0 Å². The molecule has 0 fully saturated rings. The molecule has 4 nitrogen and oxygen atoms in total. The highest BCUT2D eigenvalue weighted by molar-refractivity contribution is 7.25. The van der Waals surface area contributed by atoms with Gasteiger partial charge in [0.1, 0.15) is 0 Å². The van der Waals surface area contributed by atoms with Gasteiger partial charge in [0.15, 0.2) is 17.5 Å². The zero-order chi connectivity index (χ0) is 44.7. The summed E-state index contributed by atoms with van der Waals surface area (Å²) in [5.41, 5.74) is 10.6. The minimum atomic E-state index is 0.613. The molecule has 14 rings (SSSR count). The summed E-state index contributed by atoms with van der Waals surface area (Å²) in [6.07, 6.45) is 0. The molecule has 3 heterocycles. The Morgan fingerprint density at radius 3 is 1.66 bits per heavy atom. The van der Waals surface area contributed by atoms with Crippen molar-refractivity contribution in [2.75, 3.05) is 0 Å². The summed E-state index contributed by atoms with van der Waals surface area (Å²) < 4.78 is 5.02. The van der Waals surface area contributed by atoms with Gasteiger partial charge in [-0.25, -0.2) is 15.0 Å². The maximum atomic E-state index is 5.49. The maximum Gasteiger partial charge on any atom is 0.164 e. The van der Waals surface area contributed by atoms with E-state index in [-0.39, 0.29) is 0 Å². The van der Waals surface area contributed by atoms with Crippen molar-refractivity contribution in [2.24, 2.45) is 0 Å². The molecule has 0 aliphatic heterocycles. The molecule has 0 unspecified atom stereocenters. The van der Waals surface area contributed by atoms with Crippen LogP contribution in [0, 0.1) is 0 Å². The predicted octanol–water partition coefficient (Wildman–Crippen LogP) is 17.1. The van der Waals surface area contributed by atoms with Gasteiger partial charge in [0, 0.05) is 58.6 Å². The lowest BCUT2D eigenvalue weighted by Crippen LogP contribution is -2.04. The monoisotopic (exact) mass is 882 g/mol. The summed E-state index contributed by atoms with van der Waals surface area (Å²) >= 11 is 1.81. The van der Waals surface area contributed by atoms with Gasteiger partial charge in [-0.05, 0) is 98.2 Å². The van der Waals surface area contributed by atoms with E-state index in [4.69, 9.17) is 15.0 Å². The van der Waals surface area contributed by atoms with E-state index in [1.165, 1.54) is 52.5 Å².